The largest absolute Gasteiger partial charge is 0.467 e. The third kappa shape index (κ3) is 6.47. The molecule has 1 atom stereocenters. The lowest BCUT2D eigenvalue weighted by Crippen LogP contribution is -2.36. The number of fused-ring (bicyclic) bond motifs is 1. The van der Waals surface area contributed by atoms with Crippen molar-refractivity contribution in [3.63, 3.8) is 0 Å². The number of ether oxygens (including phenoxy) is 1. The summed E-state index contributed by atoms with van der Waals surface area (Å²) in [5.74, 6) is 3.67. The van der Waals surface area contributed by atoms with E-state index in [0.717, 1.165) is 80.1 Å². The lowest BCUT2D eigenvalue weighted by molar-refractivity contribution is -0.124. The number of nitrogens with zero attached hydrogens (tertiary/aromatic N) is 5. The van der Waals surface area contributed by atoms with Crippen LogP contribution in [-0.2, 0) is 24.2 Å². The molecule has 0 saturated carbocycles. The van der Waals surface area contributed by atoms with Crippen molar-refractivity contribution in [2.24, 2.45) is 0 Å². The lowest BCUT2D eigenvalue weighted by atomic mass is 9.89. The van der Waals surface area contributed by atoms with Gasteiger partial charge in [0, 0.05) is 57.5 Å². The number of aryl methyl sites for hydroxylation is 1. The van der Waals surface area contributed by atoms with Crippen LogP contribution >= 0.6 is 0 Å². The number of nitrogens with one attached hydrogen (secondary N) is 1. The van der Waals surface area contributed by atoms with Gasteiger partial charge in [-0.2, -0.15) is 9.97 Å². The Bertz CT molecular complexity index is 1400. The number of likely N-dealkylation sites (N-methyl/N-ethyl adjacent to an activating group) is 2. The van der Waals surface area contributed by atoms with E-state index in [4.69, 9.17) is 21.1 Å². The molecule has 8 nitrogen and oxygen atoms in total. The highest BCUT2D eigenvalue weighted by Crippen LogP contribution is 2.38. The normalized spacial score (nSPS) is 19.1. The number of aromatic nitrogens is 2. The van der Waals surface area contributed by atoms with Gasteiger partial charge in [-0.3, -0.25) is 9.69 Å². The second kappa shape index (κ2) is 13.9. The molecule has 0 radical (unpaired) electrons. The van der Waals surface area contributed by atoms with Crippen LogP contribution in [0.15, 0.2) is 46.7 Å². The molecule has 1 saturated heterocycles. The summed E-state index contributed by atoms with van der Waals surface area (Å²) in [5, 5.41) is 3.56. The van der Waals surface area contributed by atoms with Crippen LogP contribution in [-0.4, -0.2) is 73.6 Å². The summed E-state index contributed by atoms with van der Waals surface area (Å²) >= 11 is 0. The molecule has 2 aliphatic rings. The molecule has 1 aromatic heterocycles. The van der Waals surface area contributed by atoms with Crippen molar-refractivity contribution in [1.82, 2.24) is 25.1 Å². The van der Waals surface area contributed by atoms with Crippen molar-refractivity contribution >= 4 is 11.7 Å². The minimum absolute atomic E-state index is 0.0792. The molecule has 8 heteroatoms. The Morgan fingerprint density at radius 1 is 1.21 bits per heavy atom. The first kappa shape index (κ1) is 31.1. The Balaban J connectivity index is 1.78. The van der Waals surface area contributed by atoms with Gasteiger partial charge in [-0.25, -0.2) is 0 Å². The van der Waals surface area contributed by atoms with Crippen LogP contribution in [0.3, 0.4) is 0 Å². The number of methoxy groups -OCH3 is 1. The average Bonchev–Trinajstić information content (AvgIpc) is 3.25. The van der Waals surface area contributed by atoms with Crippen LogP contribution in [0.25, 0.3) is 0 Å². The van der Waals surface area contributed by atoms with Crippen molar-refractivity contribution in [1.29, 1.82) is 0 Å². The monoisotopic (exact) mass is 570 g/mol. The van der Waals surface area contributed by atoms with Crippen LogP contribution in [0.1, 0.15) is 68.5 Å². The second-order valence-electron chi connectivity index (χ2n) is 11.5. The van der Waals surface area contributed by atoms with E-state index in [1.807, 2.05) is 13.8 Å². The fourth-order valence-electron chi connectivity index (χ4n) is 5.98. The van der Waals surface area contributed by atoms with Crippen molar-refractivity contribution in [2.75, 3.05) is 52.8 Å². The summed E-state index contributed by atoms with van der Waals surface area (Å²) in [7, 11) is 7.34. The fraction of sp³-hybridized carbons (Fsp3) is 0.500. The van der Waals surface area contributed by atoms with Crippen molar-refractivity contribution in [2.45, 2.75) is 65.5 Å². The summed E-state index contributed by atoms with van der Waals surface area (Å²) in [6.45, 7) is 9.05. The zero-order chi connectivity index (χ0) is 30.4. The Labute approximate surface area is 251 Å². The van der Waals surface area contributed by atoms with Crippen LogP contribution in [0.2, 0.25) is 0 Å². The molecular weight excluding hydrogens is 524 g/mol. The highest BCUT2D eigenvalue weighted by atomic mass is 16.5. The van der Waals surface area contributed by atoms with Gasteiger partial charge in [0.1, 0.15) is 5.82 Å². The van der Waals surface area contributed by atoms with E-state index in [9.17, 15) is 4.79 Å². The van der Waals surface area contributed by atoms with Gasteiger partial charge in [-0.1, -0.05) is 56.0 Å². The van der Waals surface area contributed by atoms with E-state index in [0.29, 0.717) is 23.7 Å². The number of carbonyl (C=O) groups excluding carboxylic acids is 1. The van der Waals surface area contributed by atoms with E-state index in [1.54, 1.807) is 26.1 Å². The molecule has 1 unspecified atom stereocenters. The molecule has 224 valence electrons. The lowest BCUT2D eigenvalue weighted by Gasteiger charge is -2.37. The molecule has 0 bridgehead atoms. The van der Waals surface area contributed by atoms with Gasteiger partial charge < -0.3 is 19.9 Å². The van der Waals surface area contributed by atoms with Gasteiger partial charge in [0.2, 0.25) is 0 Å². The summed E-state index contributed by atoms with van der Waals surface area (Å²) in [5.41, 5.74) is 7.98. The Hall–Kier alpha value is -3.83. The molecule has 0 spiro atoms. The van der Waals surface area contributed by atoms with Crippen LogP contribution < -0.4 is 15.0 Å². The minimum atomic E-state index is -0.0792. The quantitative estimate of drug-likeness (QED) is 0.365. The van der Waals surface area contributed by atoms with Gasteiger partial charge in [-0.05, 0) is 44.4 Å². The molecule has 4 rings (SSSR count). The average molecular weight is 571 g/mol. The fourth-order valence-corrected chi connectivity index (χ4v) is 5.98. The van der Waals surface area contributed by atoms with Crippen molar-refractivity contribution in [3.8, 4) is 18.4 Å². The number of terminal acetylenes is 1. The Kier molecular flexibility index (Phi) is 10.3. The molecule has 1 amide bonds. The molecule has 0 aliphatic carbocycles. The van der Waals surface area contributed by atoms with Gasteiger partial charge in [0.25, 0.3) is 5.91 Å². The third-order valence-electron chi connectivity index (χ3n) is 8.36. The predicted molar refractivity (Wildman–Crippen MR) is 169 cm³/mol. The number of benzene rings is 1. The molecule has 1 aromatic carbocycles. The maximum Gasteiger partial charge on any atom is 0.318 e. The number of carbonyl (C=O) groups is 1. The van der Waals surface area contributed by atoms with E-state index in [-0.39, 0.29) is 11.9 Å². The number of anilines is 1. The third-order valence-corrected chi connectivity index (χ3v) is 8.36. The van der Waals surface area contributed by atoms with Crippen LogP contribution in [0.5, 0.6) is 6.01 Å². The second-order valence-corrected chi connectivity index (χ2v) is 11.5. The maximum absolute atomic E-state index is 13.3. The summed E-state index contributed by atoms with van der Waals surface area (Å²) in [6, 6.07) is 9.37. The summed E-state index contributed by atoms with van der Waals surface area (Å²) < 4.78 is 5.63. The molecule has 1 N–H and O–H groups in total. The molecule has 3 heterocycles. The topological polar surface area (TPSA) is 73.8 Å². The smallest absolute Gasteiger partial charge is 0.318 e. The van der Waals surface area contributed by atoms with E-state index < -0.39 is 0 Å². The molecule has 42 heavy (non-hydrogen) atoms. The first-order valence-corrected chi connectivity index (χ1v) is 15.1. The maximum atomic E-state index is 13.3. The standard InChI is InChI=1S/C34H46N6O2/c1-9-15-24-16-12-13-17-26(24)30-20-28-27(21-39(30)7)32(37-34(36-28)42-8)40-19-14-18-35-29(22-40)25(11-3)31(23(4)10-2)33(41)38(5)6/h3,12-13,16-17,30,35H,9-10,14-15,18-22H2,1-2,4-8H3/b29-25-,31-23-. The van der Waals surface area contributed by atoms with E-state index in [1.165, 1.54) is 11.1 Å². The molecule has 1 fully saturated rings. The zero-order valence-corrected chi connectivity index (χ0v) is 26.4. The number of amides is 1. The zero-order valence-electron chi connectivity index (χ0n) is 26.4. The SMILES string of the molecule is C#CC(=C1\CN(c2nc(OC)nc3c2CN(C)C(c2ccccc2CCC)C3)CCCN1)/C(C(=O)N(C)C)=C(\C)CC. The van der Waals surface area contributed by atoms with Gasteiger partial charge in [0.05, 0.1) is 30.5 Å². The number of hydrogen-bond acceptors (Lipinski definition) is 7. The summed E-state index contributed by atoms with van der Waals surface area (Å²) in [6.07, 6.45) is 10.7. The van der Waals surface area contributed by atoms with Gasteiger partial charge in [-0.15, -0.1) is 6.42 Å². The summed E-state index contributed by atoms with van der Waals surface area (Å²) in [4.78, 5) is 29.4. The van der Waals surface area contributed by atoms with Gasteiger partial charge >= 0.3 is 6.01 Å². The first-order valence-electron chi connectivity index (χ1n) is 15.1. The Morgan fingerprint density at radius 2 is 1.98 bits per heavy atom. The van der Waals surface area contributed by atoms with E-state index >= 15 is 0 Å². The van der Waals surface area contributed by atoms with Crippen molar-refractivity contribution < 1.29 is 9.53 Å². The van der Waals surface area contributed by atoms with Crippen molar-refractivity contribution in [3.05, 3.63) is 69.1 Å². The minimum Gasteiger partial charge on any atom is -0.467 e. The number of allylic oxidation sites excluding steroid dienone is 1. The van der Waals surface area contributed by atoms with Crippen LogP contribution in [0, 0.1) is 12.3 Å². The molecular formula is C34H46N6O2. The predicted octanol–water partition coefficient (Wildman–Crippen LogP) is 4.67. The van der Waals surface area contributed by atoms with Gasteiger partial charge in [0.15, 0.2) is 0 Å². The van der Waals surface area contributed by atoms with Crippen LogP contribution in [0.4, 0.5) is 5.82 Å². The Morgan fingerprint density at radius 3 is 2.64 bits per heavy atom. The molecule has 2 aliphatic heterocycles. The highest BCUT2D eigenvalue weighted by Gasteiger charge is 2.33. The first-order chi connectivity index (χ1) is 20.2. The number of rotatable bonds is 8. The molecule has 2 aromatic rings. The van der Waals surface area contributed by atoms with E-state index in [2.05, 4.69) is 59.3 Å². The number of hydrogen-bond donors (Lipinski definition) is 1. The highest BCUT2D eigenvalue weighted by molar-refractivity contribution is 6.00.